The van der Waals surface area contributed by atoms with E-state index in [1.165, 1.54) is 17.9 Å². The second-order valence-corrected chi connectivity index (χ2v) is 13.0. The van der Waals surface area contributed by atoms with E-state index in [0.29, 0.717) is 16.5 Å². The maximum Gasteiger partial charge on any atom is 0.275 e. The highest BCUT2D eigenvalue weighted by molar-refractivity contribution is 5.97. The molecular weight excluding hydrogens is 656 g/mol. The number of carbonyl (C=O) groups is 5. The summed E-state index contributed by atoms with van der Waals surface area (Å²) in [6.45, 7) is 6.38. The summed E-state index contributed by atoms with van der Waals surface area (Å²) in [5.74, 6) is -2.72. The molecule has 0 spiro atoms. The van der Waals surface area contributed by atoms with E-state index in [1.54, 1.807) is 31.2 Å². The summed E-state index contributed by atoms with van der Waals surface area (Å²) in [6.07, 6.45) is 0.433. The van der Waals surface area contributed by atoms with Crippen LogP contribution in [0.25, 0.3) is 10.8 Å². The smallest absolute Gasteiger partial charge is 0.275 e. The number of aromatic nitrogens is 3. The third-order valence-electron chi connectivity index (χ3n) is 8.51. The Bertz CT molecular complexity index is 1970. The van der Waals surface area contributed by atoms with E-state index in [2.05, 4.69) is 31.5 Å². The number of hydrogen-bond donors (Lipinski definition) is 4. The van der Waals surface area contributed by atoms with Crippen LogP contribution in [-0.4, -0.2) is 80.6 Å². The highest BCUT2D eigenvalue weighted by Gasteiger charge is 2.30. The highest BCUT2D eigenvalue weighted by Crippen LogP contribution is 2.14. The van der Waals surface area contributed by atoms with Crippen LogP contribution in [0.3, 0.4) is 0 Å². The molecule has 268 valence electrons. The Hall–Kier alpha value is -5.86. The first-order valence-corrected chi connectivity index (χ1v) is 16.8. The van der Waals surface area contributed by atoms with E-state index >= 15 is 0 Å². The van der Waals surface area contributed by atoms with Crippen LogP contribution in [0.1, 0.15) is 54.7 Å². The largest absolute Gasteiger partial charge is 0.359 e. The van der Waals surface area contributed by atoms with E-state index in [0.717, 1.165) is 10.2 Å². The number of rotatable bonds is 6. The molecule has 1 aliphatic rings. The van der Waals surface area contributed by atoms with Crippen LogP contribution in [0.4, 0.5) is 0 Å². The zero-order valence-electron chi connectivity index (χ0n) is 29.0. The average molecular weight is 699 g/mol. The Kier molecular flexibility index (Phi) is 11.6. The lowest BCUT2D eigenvalue weighted by Crippen LogP contribution is -2.57. The molecule has 5 amide bonds. The third kappa shape index (κ3) is 9.23. The van der Waals surface area contributed by atoms with Crippen molar-refractivity contribution < 1.29 is 28.5 Å². The summed E-state index contributed by atoms with van der Waals surface area (Å²) in [5, 5.41) is 20.2. The Morgan fingerprint density at radius 1 is 0.902 bits per heavy atom. The Morgan fingerprint density at radius 2 is 1.59 bits per heavy atom. The molecule has 0 radical (unpaired) electrons. The summed E-state index contributed by atoms with van der Waals surface area (Å²) in [6, 6.07) is 14.4. The van der Waals surface area contributed by atoms with Crippen molar-refractivity contribution in [3.05, 3.63) is 93.7 Å². The molecule has 0 unspecified atom stereocenters. The van der Waals surface area contributed by atoms with Crippen LogP contribution < -0.4 is 26.8 Å². The minimum atomic E-state index is -1.06. The average Bonchev–Trinajstić information content (AvgIpc) is 3.58. The molecule has 3 heterocycles. The molecule has 3 atom stereocenters. The van der Waals surface area contributed by atoms with Gasteiger partial charge >= 0.3 is 0 Å². The monoisotopic (exact) mass is 698 g/mol. The van der Waals surface area contributed by atoms with Gasteiger partial charge in [0.2, 0.25) is 23.6 Å². The van der Waals surface area contributed by atoms with Crippen molar-refractivity contribution in [2.75, 3.05) is 13.1 Å². The molecule has 0 aliphatic carbocycles. The van der Waals surface area contributed by atoms with Crippen molar-refractivity contribution in [1.82, 2.24) is 41.1 Å². The lowest BCUT2D eigenvalue weighted by Gasteiger charge is -2.26. The summed E-state index contributed by atoms with van der Waals surface area (Å²) in [5.41, 5.74) is 0.796. The van der Waals surface area contributed by atoms with Gasteiger partial charge in [0.25, 0.3) is 11.5 Å². The van der Waals surface area contributed by atoms with Crippen LogP contribution in [0.5, 0.6) is 0 Å². The van der Waals surface area contributed by atoms with E-state index in [-0.39, 0.29) is 49.8 Å². The summed E-state index contributed by atoms with van der Waals surface area (Å²) in [7, 11) is 0. The van der Waals surface area contributed by atoms with Gasteiger partial charge in [0.05, 0.1) is 17.6 Å². The summed E-state index contributed by atoms with van der Waals surface area (Å²) >= 11 is 0. The van der Waals surface area contributed by atoms with Gasteiger partial charge < -0.3 is 30.7 Å². The number of nitrogens with zero attached hydrogens (tertiary/aromatic N) is 4. The SMILES string of the molecule is Cc1nn(CC(=O)N2CCNC(=O)[C@@H](Cc3ccccc3)NC(=O)[C@@H](CC(C)C)NC(=O)[C@@H](C)NC(=O)c3cc(on3)C2)c(=O)c2ccccc12. The minimum Gasteiger partial charge on any atom is -0.359 e. The molecule has 4 aromatic rings. The predicted molar refractivity (Wildman–Crippen MR) is 186 cm³/mol. The zero-order valence-corrected chi connectivity index (χ0v) is 29.0. The molecule has 2 bridgehead atoms. The molecule has 51 heavy (non-hydrogen) atoms. The molecule has 15 nitrogen and oxygen atoms in total. The van der Waals surface area contributed by atoms with Crippen LogP contribution in [0.15, 0.2) is 70.0 Å². The second-order valence-electron chi connectivity index (χ2n) is 13.0. The predicted octanol–water partition coefficient (Wildman–Crippen LogP) is 1.23. The summed E-state index contributed by atoms with van der Waals surface area (Å²) in [4.78, 5) is 81.9. The lowest BCUT2D eigenvalue weighted by atomic mass is 10.0. The van der Waals surface area contributed by atoms with Crippen molar-refractivity contribution in [2.45, 2.75) is 71.8 Å². The topological polar surface area (TPSA) is 198 Å². The van der Waals surface area contributed by atoms with Crippen LogP contribution in [0, 0.1) is 12.8 Å². The zero-order chi connectivity index (χ0) is 36.7. The van der Waals surface area contributed by atoms with Gasteiger partial charge in [0.1, 0.15) is 24.7 Å². The van der Waals surface area contributed by atoms with Crippen LogP contribution >= 0.6 is 0 Å². The van der Waals surface area contributed by atoms with Crippen LogP contribution in [-0.2, 0) is 38.7 Å². The van der Waals surface area contributed by atoms with Gasteiger partial charge in [-0.2, -0.15) is 5.10 Å². The van der Waals surface area contributed by atoms with Gasteiger partial charge in [-0.05, 0) is 37.8 Å². The molecule has 2 aromatic carbocycles. The maximum atomic E-state index is 13.8. The molecule has 2 aromatic heterocycles. The maximum absolute atomic E-state index is 13.8. The fourth-order valence-corrected chi connectivity index (χ4v) is 5.82. The quantitative estimate of drug-likeness (QED) is 0.229. The van der Waals surface area contributed by atoms with Crippen LogP contribution in [0.2, 0.25) is 0 Å². The summed E-state index contributed by atoms with van der Waals surface area (Å²) < 4.78 is 6.48. The first-order chi connectivity index (χ1) is 24.4. The molecule has 0 saturated carbocycles. The van der Waals surface area contributed by atoms with E-state index in [4.69, 9.17) is 4.52 Å². The van der Waals surface area contributed by atoms with Gasteiger partial charge in [0, 0.05) is 31.0 Å². The molecule has 15 heteroatoms. The van der Waals surface area contributed by atoms with Crippen molar-refractivity contribution in [3.8, 4) is 0 Å². The Morgan fingerprint density at radius 3 is 2.31 bits per heavy atom. The van der Waals surface area contributed by atoms with Gasteiger partial charge in [-0.25, -0.2) is 4.68 Å². The molecule has 1 aliphatic heterocycles. The normalized spacial score (nSPS) is 19.5. The van der Waals surface area contributed by atoms with Crippen molar-refractivity contribution in [3.63, 3.8) is 0 Å². The van der Waals surface area contributed by atoms with Gasteiger partial charge in [-0.1, -0.05) is 67.5 Å². The van der Waals surface area contributed by atoms with Gasteiger partial charge in [-0.15, -0.1) is 0 Å². The first-order valence-electron chi connectivity index (χ1n) is 16.8. The Labute approximate surface area is 294 Å². The van der Waals surface area contributed by atoms with Crippen molar-refractivity contribution in [2.24, 2.45) is 5.92 Å². The fraction of sp³-hybridized carbons (Fsp3) is 0.389. The minimum absolute atomic E-state index is 0.00635. The number of nitrogens with one attached hydrogen (secondary N) is 4. The third-order valence-corrected chi connectivity index (χ3v) is 8.51. The number of aryl methyl sites for hydroxylation is 1. The molecule has 0 saturated heterocycles. The van der Waals surface area contributed by atoms with E-state index < -0.39 is 59.8 Å². The number of hydrogen-bond acceptors (Lipinski definition) is 9. The van der Waals surface area contributed by atoms with E-state index in [1.807, 2.05) is 44.2 Å². The molecular formula is C36H42N8O7. The molecule has 5 rings (SSSR count). The molecule has 4 N–H and O–H groups in total. The van der Waals surface area contributed by atoms with Gasteiger partial charge in [0.15, 0.2) is 11.5 Å². The first kappa shape index (κ1) is 36.4. The standard InChI is InChI=1S/C36H42N8O7/c1-21(2)16-28-34(48)40-29(17-24-10-6-5-7-11-24)33(47)37-14-15-43(19-25-18-30(42-51-25)35(49)38-23(4)32(46)39-28)31(45)20-44-36(50)27-13-9-8-12-26(27)22(3)41-44/h5-13,18,21,23,28-29H,14-17,19-20H2,1-4H3,(H,37,47)(H,38,49)(H,39,46)(H,40,48)/t23-,28-,29-/m1/s1. The van der Waals surface area contributed by atoms with Crippen molar-refractivity contribution >= 4 is 40.3 Å². The van der Waals surface area contributed by atoms with Gasteiger partial charge in [-0.3, -0.25) is 28.8 Å². The Balaban J connectivity index is 1.44. The number of amides is 5. The lowest BCUT2D eigenvalue weighted by molar-refractivity contribution is -0.134. The molecule has 0 fully saturated rings. The number of fused-ring (bicyclic) bond motifs is 3. The van der Waals surface area contributed by atoms with E-state index in [9.17, 15) is 28.8 Å². The number of benzene rings is 2. The fourth-order valence-electron chi connectivity index (χ4n) is 5.82. The van der Waals surface area contributed by atoms with Crippen molar-refractivity contribution in [1.29, 1.82) is 0 Å². The second kappa shape index (κ2) is 16.2. The highest BCUT2D eigenvalue weighted by atomic mass is 16.5. The number of carbonyl (C=O) groups excluding carboxylic acids is 5.